The van der Waals surface area contributed by atoms with Gasteiger partial charge in [-0.05, 0) is 50.0 Å². The lowest BCUT2D eigenvalue weighted by Gasteiger charge is -2.27. The number of H-pyrrole nitrogens is 1. The molecule has 0 spiro atoms. The van der Waals surface area contributed by atoms with E-state index in [1.54, 1.807) is 14.2 Å². The van der Waals surface area contributed by atoms with Crippen LogP contribution in [-0.4, -0.2) is 37.7 Å². The minimum Gasteiger partial charge on any atom is -0.497 e. The SMILES string of the molecule is COc1cc(OC)c2cc(CCCNC(=O)C3C4CCC(C4)C3N)[nH]c2c1.Cl. The van der Waals surface area contributed by atoms with Crippen molar-refractivity contribution in [2.75, 3.05) is 20.8 Å². The number of carbonyl (C=O) groups is 1. The lowest BCUT2D eigenvalue weighted by Crippen LogP contribution is -2.45. The standard InChI is InChI=1S/C21H29N3O3.ClH/c1-26-15-10-17-16(18(11-15)27-2)9-14(24-17)4-3-7-23-21(25)19-12-5-6-13(8-12)20(19)22;/h9-13,19-20,24H,3-8,22H2,1-2H3,(H,23,25);1H. The number of halogens is 1. The number of fused-ring (bicyclic) bond motifs is 3. The Balaban J connectivity index is 0.00000225. The van der Waals surface area contributed by atoms with Crippen LogP contribution in [0.15, 0.2) is 18.2 Å². The average molecular weight is 408 g/mol. The van der Waals surface area contributed by atoms with Crippen molar-refractivity contribution in [1.82, 2.24) is 10.3 Å². The highest BCUT2D eigenvalue weighted by molar-refractivity contribution is 5.88. The summed E-state index contributed by atoms with van der Waals surface area (Å²) in [6.07, 6.45) is 5.25. The summed E-state index contributed by atoms with van der Waals surface area (Å²) in [7, 11) is 3.31. The van der Waals surface area contributed by atoms with E-state index < -0.39 is 0 Å². The molecule has 0 radical (unpaired) electrons. The molecule has 2 aromatic rings. The number of aromatic amines is 1. The van der Waals surface area contributed by atoms with Crippen molar-refractivity contribution in [3.63, 3.8) is 0 Å². The Morgan fingerprint density at radius 2 is 2.00 bits per heavy atom. The van der Waals surface area contributed by atoms with Crippen molar-refractivity contribution in [1.29, 1.82) is 0 Å². The van der Waals surface area contributed by atoms with E-state index in [2.05, 4.69) is 16.4 Å². The van der Waals surface area contributed by atoms with Gasteiger partial charge < -0.3 is 25.5 Å². The molecule has 2 fully saturated rings. The summed E-state index contributed by atoms with van der Waals surface area (Å²) in [5, 5.41) is 4.15. The second kappa shape index (κ2) is 8.62. The van der Waals surface area contributed by atoms with E-state index in [1.165, 1.54) is 6.42 Å². The Morgan fingerprint density at radius 1 is 1.21 bits per heavy atom. The molecule has 4 rings (SSSR count). The van der Waals surface area contributed by atoms with E-state index in [-0.39, 0.29) is 30.3 Å². The van der Waals surface area contributed by atoms with Gasteiger partial charge in [0.15, 0.2) is 0 Å². The minimum atomic E-state index is 0. The number of aryl methyl sites for hydroxylation is 1. The molecule has 7 heteroatoms. The fourth-order valence-corrected chi connectivity index (χ4v) is 4.99. The monoisotopic (exact) mass is 407 g/mol. The predicted octanol–water partition coefficient (Wildman–Crippen LogP) is 3.03. The van der Waals surface area contributed by atoms with Gasteiger partial charge in [0.1, 0.15) is 11.5 Å². The predicted molar refractivity (Wildman–Crippen MR) is 112 cm³/mol. The van der Waals surface area contributed by atoms with E-state index in [4.69, 9.17) is 15.2 Å². The van der Waals surface area contributed by atoms with Crippen molar-refractivity contribution >= 4 is 29.2 Å². The zero-order valence-corrected chi connectivity index (χ0v) is 17.3. The first-order valence-corrected chi connectivity index (χ1v) is 9.87. The van der Waals surface area contributed by atoms with Crippen LogP contribution in [0.4, 0.5) is 0 Å². The van der Waals surface area contributed by atoms with E-state index in [0.29, 0.717) is 18.4 Å². The number of carbonyl (C=O) groups excluding carboxylic acids is 1. The number of amides is 1. The van der Waals surface area contributed by atoms with Crippen molar-refractivity contribution < 1.29 is 14.3 Å². The minimum absolute atomic E-state index is 0. The summed E-state index contributed by atoms with van der Waals surface area (Å²) in [5.41, 5.74) is 8.39. The van der Waals surface area contributed by atoms with Crippen molar-refractivity contribution in [2.45, 2.75) is 38.1 Å². The molecular formula is C21H30ClN3O3. The molecular weight excluding hydrogens is 378 g/mol. The molecule has 1 aromatic carbocycles. The van der Waals surface area contributed by atoms with Crippen LogP contribution in [0.3, 0.4) is 0 Å². The first kappa shape index (κ1) is 20.8. The number of methoxy groups -OCH3 is 2. The highest BCUT2D eigenvalue weighted by Crippen LogP contribution is 2.47. The van der Waals surface area contributed by atoms with Crippen LogP contribution < -0.4 is 20.5 Å². The Bertz CT molecular complexity index is 836. The number of hydrogen-bond donors (Lipinski definition) is 3. The Kier molecular flexibility index (Phi) is 6.40. The molecule has 4 atom stereocenters. The third-order valence-electron chi connectivity index (χ3n) is 6.39. The van der Waals surface area contributed by atoms with Gasteiger partial charge in [-0.3, -0.25) is 4.79 Å². The summed E-state index contributed by atoms with van der Waals surface area (Å²) in [5.74, 6) is 2.80. The van der Waals surface area contributed by atoms with E-state index in [1.807, 2.05) is 12.1 Å². The van der Waals surface area contributed by atoms with Crippen molar-refractivity contribution in [3.05, 3.63) is 23.9 Å². The summed E-state index contributed by atoms with van der Waals surface area (Å²) in [6.45, 7) is 0.676. The van der Waals surface area contributed by atoms with Gasteiger partial charge in [-0.1, -0.05) is 0 Å². The summed E-state index contributed by atoms with van der Waals surface area (Å²) >= 11 is 0. The number of ether oxygens (including phenoxy) is 2. The topological polar surface area (TPSA) is 89.4 Å². The lowest BCUT2D eigenvalue weighted by atomic mass is 9.84. The van der Waals surface area contributed by atoms with Crippen molar-refractivity contribution in [3.8, 4) is 11.5 Å². The van der Waals surface area contributed by atoms with Gasteiger partial charge in [0, 0.05) is 35.8 Å². The number of nitrogens with two attached hydrogens (primary N) is 1. The quantitative estimate of drug-likeness (QED) is 0.615. The zero-order chi connectivity index (χ0) is 19.0. The van der Waals surface area contributed by atoms with Gasteiger partial charge in [0.2, 0.25) is 5.91 Å². The van der Waals surface area contributed by atoms with E-state index in [0.717, 1.165) is 53.8 Å². The Labute approximate surface area is 171 Å². The average Bonchev–Trinajstić information content (AvgIpc) is 3.38. The smallest absolute Gasteiger partial charge is 0.224 e. The molecule has 1 aromatic heterocycles. The van der Waals surface area contributed by atoms with Crippen LogP contribution >= 0.6 is 12.4 Å². The third-order valence-corrected chi connectivity index (χ3v) is 6.39. The largest absolute Gasteiger partial charge is 0.497 e. The molecule has 6 nitrogen and oxygen atoms in total. The molecule has 2 saturated carbocycles. The van der Waals surface area contributed by atoms with Crippen LogP contribution in [0.1, 0.15) is 31.4 Å². The van der Waals surface area contributed by atoms with Gasteiger partial charge in [0.05, 0.1) is 25.7 Å². The van der Waals surface area contributed by atoms with Gasteiger partial charge in [0.25, 0.3) is 0 Å². The zero-order valence-electron chi connectivity index (χ0n) is 16.5. The van der Waals surface area contributed by atoms with E-state index in [9.17, 15) is 4.79 Å². The van der Waals surface area contributed by atoms with Gasteiger partial charge in [-0.25, -0.2) is 0 Å². The van der Waals surface area contributed by atoms with Crippen LogP contribution in [-0.2, 0) is 11.2 Å². The molecule has 2 bridgehead atoms. The summed E-state index contributed by atoms with van der Waals surface area (Å²) < 4.78 is 10.8. The Hall–Kier alpha value is -1.92. The first-order valence-electron chi connectivity index (χ1n) is 9.87. The van der Waals surface area contributed by atoms with Gasteiger partial charge >= 0.3 is 0 Å². The highest BCUT2D eigenvalue weighted by Gasteiger charge is 2.48. The highest BCUT2D eigenvalue weighted by atomic mass is 35.5. The molecule has 154 valence electrons. The molecule has 0 aliphatic heterocycles. The Morgan fingerprint density at radius 3 is 2.68 bits per heavy atom. The van der Waals surface area contributed by atoms with Crippen LogP contribution in [0.25, 0.3) is 10.9 Å². The molecule has 0 saturated heterocycles. The molecule has 1 amide bonds. The third kappa shape index (κ3) is 3.80. The second-order valence-corrected chi connectivity index (χ2v) is 7.92. The van der Waals surface area contributed by atoms with Crippen molar-refractivity contribution in [2.24, 2.45) is 23.5 Å². The number of nitrogens with one attached hydrogen (secondary N) is 2. The van der Waals surface area contributed by atoms with Crippen LogP contribution in [0.2, 0.25) is 0 Å². The van der Waals surface area contributed by atoms with Gasteiger partial charge in [-0.2, -0.15) is 0 Å². The fourth-order valence-electron chi connectivity index (χ4n) is 4.99. The maximum Gasteiger partial charge on any atom is 0.224 e. The molecule has 2 aliphatic rings. The van der Waals surface area contributed by atoms with Gasteiger partial charge in [-0.15, -0.1) is 12.4 Å². The number of aromatic nitrogens is 1. The molecule has 28 heavy (non-hydrogen) atoms. The number of benzene rings is 1. The maximum absolute atomic E-state index is 12.5. The number of rotatable bonds is 7. The fraction of sp³-hybridized carbons (Fsp3) is 0.571. The lowest BCUT2D eigenvalue weighted by molar-refractivity contribution is -0.127. The maximum atomic E-state index is 12.5. The summed E-state index contributed by atoms with van der Waals surface area (Å²) in [6, 6.07) is 6.03. The molecule has 4 N–H and O–H groups in total. The molecule has 2 aliphatic carbocycles. The van der Waals surface area contributed by atoms with E-state index >= 15 is 0 Å². The first-order chi connectivity index (χ1) is 13.1. The molecule has 4 unspecified atom stereocenters. The normalized spacial score (nSPS) is 25.5. The van der Waals surface area contributed by atoms with Crippen LogP contribution in [0.5, 0.6) is 11.5 Å². The van der Waals surface area contributed by atoms with Crippen LogP contribution in [0, 0.1) is 17.8 Å². The molecule has 1 heterocycles. The summed E-state index contributed by atoms with van der Waals surface area (Å²) in [4.78, 5) is 15.9. The number of hydrogen-bond acceptors (Lipinski definition) is 4. The second-order valence-electron chi connectivity index (χ2n) is 7.92.